The summed E-state index contributed by atoms with van der Waals surface area (Å²) in [5.74, 6) is 0. The van der Waals surface area contributed by atoms with Crippen molar-refractivity contribution in [2.75, 3.05) is 4.72 Å². The van der Waals surface area contributed by atoms with Gasteiger partial charge in [-0.15, -0.1) is 11.3 Å². The Morgan fingerprint density at radius 1 is 1.24 bits per heavy atom. The smallest absolute Gasteiger partial charge is 0.263 e. The molecule has 21 heavy (non-hydrogen) atoms. The fourth-order valence-corrected chi connectivity index (χ4v) is 5.50. The molecule has 3 nitrogen and oxygen atoms in total. The van der Waals surface area contributed by atoms with Crippen LogP contribution in [0.1, 0.15) is 30.2 Å². The van der Waals surface area contributed by atoms with Crippen LogP contribution in [-0.2, 0) is 16.4 Å². The van der Waals surface area contributed by atoms with Crippen molar-refractivity contribution in [1.82, 2.24) is 0 Å². The zero-order valence-electron chi connectivity index (χ0n) is 12.0. The fraction of sp³-hybridized carbons (Fsp3) is 0.333. The van der Waals surface area contributed by atoms with Crippen LogP contribution in [0.5, 0.6) is 0 Å². The Morgan fingerprint density at radius 2 is 1.90 bits per heavy atom. The molecule has 6 heteroatoms. The minimum Gasteiger partial charge on any atom is -0.280 e. The van der Waals surface area contributed by atoms with Crippen molar-refractivity contribution in [3.05, 3.63) is 44.6 Å². The maximum atomic E-state index is 12.4. The Balaban J connectivity index is 2.15. The lowest BCUT2D eigenvalue weighted by molar-refractivity contribution is 0.601. The summed E-state index contributed by atoms with van der Waals surface area (Å²) >= 11 is 4.74. The molecule has 0 aliphatic rings. The third-order valence-electron chi connectivity index (χ3n) is 3.16. The van der Waals surface area contributed by atoms with E-state index in [0.717, 1.165) is 27.9 Å². The highest BCUT2D eigenvalue weighted by Gasteiger charge is 2.19. The molecule has 0 atom stereocenters. The zero-order chi connectivity index (χ0) is 15.5. The van der Waals surface area contributed by atoms with Crippen LogP contribution in [0.15, 0.2) is 39.0 Å². The molecule has 0 saturated carbocycles. The largest absolute Gasteiger partial charge is 0.280 e. The molecule has 1 N–H and O–H groups in total. The van der Waals surface area contributed by atoms with E-state index in [1.165, 1.54) is 16.9 Å². The van der Waals surface area contributed by atoms with Gasteiger partial charge in [-0.2, -0.15) is 0 Å². The van der Waals surface area contributed by atoms with E-state index >= 15 is 0 Å². The van der Waals surface area contributed by atoms with E-state index < -0.39 is 10.0 Å². The first-order chi connectivity index (χ1) is 9.92. The van der Waals surface area contributed by atoms with Crippen molar-refractivity contribution >= 4 is 43.0 Å². The quantitative estimate of drug-likeness (QED) is 0.760. The van der Waals surface area contributed by atoms with Gasteiger partial charge in [0.1, 0.15) is 4.90 Å². The summed E-state index contributed by atoms with van der Waals surface area (Å²) in [6.07, 6.45) is 3.33. The highest BCUT2D eigenvalue weighted by molar-refractivity contribution is 9.11. The molecule has 0 spiro atoms. The van der Waals surface area contributed by atoms with Crippen LogP contribution >= 0.6 is 27.3 Å². The van der Waals surface area contributed by atoms with Crippen LogP contribution in [0, 0.1) is 6.92 Å². The molecule has 0 saturated heterocycles. The molecule has 0 unspecified atom stereocenters. The van der Waals surface area contributed by atoms with Gasteiger partial charge >= 0.3 is 0 Å². The summed E-state index contributed by atoms with van der Waals surface area (Å²) in [6, 6.07) is 9.23. The van der Waals surface area contributed by atoms with Gasteiger partial charge in [0.05, 0.1) is 3.79 Å². The second kappa shape index (κ2) is 6.94. The Hall–Kier alpha value is -0.850. The highest BCUT2D eigenvalue weighted by atomic mass is 79.9. The SMILES string of the molecule is CCCCc1ccc(NS(=O)(=O)c2cc(Br)sc2C)cc1. The molecule has 0 amide bonds. The summed E-state index contributed by atoms with van der Waals surface area (Å²) < 4.78 is 28.2. The maximum absolute atomic E-state index is 12.4. The van der Waals surface area contributed by atoms with E-state index in [2.05, 4.69) is 27.6 Å². The number of anilines is 1. The molecular weight excluding hydrogens is 370 g/mol. The first-order valence-corrected chi connectivity index (χ1v) is 9.89. The van der Waals surface area contributed by atoms with Crippen molar-refractivity contribution in [2.45, 2.75) is 38.0 Å². The van der Waals surface area contributed by atoms with Gasteiger partial charge in [0.15, 0.2) is 0 Å². The first-order valence-electron chi connectivity index (χ1n) is 6.80. The molecule has 1 heterocycles. The van der Waals surface area contributed by atoms with Gasteiger partial charge in [0.2, 0.25) is 0 Å². The number of hydrogen-bond donors (Lipinski definition) is 1. The van der Waals surface area contributed by atoms with Crippen molar-refractivity contribution < 1.29 is 8.42 Å². The molecular formula is C15H18BrNO2S2. The summed E-state index contributed by atoms with van der Waals surface area (Å²) in [6.45, 7) is 3.96. The number of rotatable bonds is 6. The van der Waals surface area contributed by atoms with Gasteiger partial charge in [0, 0.05) is 10.6 Å². The van der Waals surface area contributed by atoms with Gasteiger partial charge < -0.3 is 0 Å². The normalized spacial score (nSPS) is 11.6. The monoisotopic (exact) mass is 387 g/mol. The molecule has 0 aliphatic carbocycles. The Labute approximate surface area is 138 Å². The van der Waals surface area contributed by atoms with E-state index in [4.69, 9.17) is 0 Å². The fourth-order valence-electron chi connectivity index (χ4n) is 2.03. The van der Waals surface area contributed by atoms with Crippen LogP contribution in [-0.4, -0.2) is 8.42 Å². The minimum absolute atomic E-state index is 0.328. The molecule has 1 aromatic heterocycles. The van der Waals surface area contributed by atoms with E-state index in [1.807, 2.05) is 24.3 Å². The Morgan fingerprint density at radius 3 is 2.43 bits per heavy atom. The average Bonchev–Trinajstić information content (AvgIpc) is 2.77. The predicted octanol–water partition coefficient (Wildman–Crippen LogP) is 4.96. The topological polar surface area (TPSA) is 46.2 Å². The minimum atomic E-state index is -3.52. The molecule has 1 aromatic carbocycles. The molecule has 2 rings (SSSR count). The van der Waals surface area contributed by atoms with Crippen molar-refractivity contribution in [3.63, 3.8) is 0 Å². The predicted molar refractivity (Wildman–Crippen MR) is 92.6 cm³/mol. The lowest BCUT2D eigenvalue weighted by atomic mass is 10.1. The second-order valence-corrected chi connectivity index (χ2v) is 9.16. The van der Waals surface area contributed by atoms with Crippen LogP contribution in [0.2, 0.25) is 0 Å². The molecule has 2 aromatic rings. The number of unbranched alkanes of at least 4 members (excludes halogenated alkanes) is 1. The molecule has 114 valence electrons. The van der Waals surface area contributed by atoms with Crippen molar-refractivity contribution in [2.24, 2.45) is 0 Å². The van der Waals surface area contributed by atoms with Crippen LogP contribution in [0.4, 0.5) is 5.69 Å². The third kappa shape index (κ3) is 4.31. The number of sulfonamides is 1. The summed E-state index contributed by atoms with van der Waals surface area (Å²) in [5.41, 5.74) is 1.83. The Kier molecular flexibility index (Phi) is 5.46. The highest BCUT2D eigenvalue weighted by Crippen LogP contribution is 2.30. The number of benzene rings is 1. The van der Waals surface area contributed by atoms with E-state index in [0.29, 0.717) is 10.6 Å². The number of aryl methyl sites for hydroxylation is 2. The van der Waals surface area contributed by atoms with Crippen molar-refractivity contribution in [3.8, 4) is 0 Å². The third-order valence-corrected chi connectivity index (χ3v) is 6.35. The summed E-state index contributed by atoms with van der Waals surface area (Å²) in [4.78, 5) is 1.10. The summed E-state index contributed by atoms with van der Waals surface area (Å²) in [5, 5.41) is 0. The number of nitrogens with one attached hydrogen (secondary N) is 1. The number of halogens is 1. The molecule has 0 aliphatic heterocycles. The summed E-state index contributed by atoms with van der Waals surface area (Å²) in [7, 11) is -3.52. The van der Waals surface area contributed by atoms with Gasteiger partial charge in [-0.25, -0.2) is 8.42 Å². The molecule has 0 radical (unpaired) electrons. The van der Waals surface area contributed by atoms with Gasteiger partial charge in [-0.1, -0.05) is 25.5 Å². The lowest BCUT2D eigenvalue weighted by Crippen LogP contribution is -2.13. The molecule has 0 fully saturated rings. The van der Waals surface area contributed by atoms with E-state index in [-0.39, 0.29) is 0 Å². The van der Waals surface area contributed by atoms with Crippen LogP contribution < -0.4 is 4.72 Å². The van der Waals surface area contributed by atoms with Crippen LogP contribution in [0.3, 0.4) is 0 Å². The maximum Gasteiger partial charge on any atom is 0.263 e. The van der Waals surface area contributed by atoms with E-state index in [1.54, 1.807) is 13.0 Å². The van der Waals surface area contributed by atoms with Gasteiger partial charge in [-0.05, 0) is 59.5 Å². The van der Waals surface area contributed by atoms with Gasteiger partial charge in [0.25, 0.3) is 10.0 Å². The van der Waals surface area contributed by atoms with Crippen molar-refractivity contribution in [1.29, 1.82) is 0 Å². The number of hydrogen-bond acceptors (Lipinski definition) is 3. The molecule has 0 bridgehead atoms. The lowest BCUT2D eigenvalue weighted by Gasteiger charge is -2.08. The Bertz CT molecular complexity index is 706. The second-order valence-electron chi connectivity index (χ2n) is 4.88. The van der Waals surface area contributed by atoms with E-state index in [9.17, 15) is 8.42 Å². The zero-order valence-corrected chi connectivity index (χ0v) is 15.2. The number of thiophene rings is 1. The van der Waals surface area contributed by atoms with Gasteiger partial charge in [-0.3, -0.25) is 4.72 Å². The first kappa shape index (κ1) is 16.5. The standard InChI is InChI=1S/C15H18BrNO2S2/c1-3-4-5-12-6-8-13(9-7-12)17-21(18,19)14-10-15(16)20-11(14)2/h6-10,17H,3-5H2,1-2H3. The van der Waals surface area contributed by atoms with Crippen LogP contribution in [0.25, 0.3) is 0 Å². The average molecular weight is 388 g/mol.